The van der Waals surface area contributed by atoms with Gasteiger partial charge in [-0.3, -0.25) is 5.32 Å². The molecule has 1 aliphatic heterocycles. The molecule has 2 aromatic rings. The van der Waals surface area contributed by atoms with E-state index in [4.69, 9.17) is 0 Å². The predicted octanol–water partition coefficient (Wildman–Crippen LogP) is 3.79. The van der Waals surface area contributed by atoms with Gasteiger partial charge in [0.15, 0.2) is 0 Å². The van der Waals surface area contributed by atoms with Gasteiger partial charge < -0.3 is 4.90 Å². The molecule has 1 atom stereocenters. The van der Waals surface area contributed by atoms with E-state index in [1.807, 2.05) is 36.2 Å². The van der Waals surface area contributed by atoms with E-state index < -0.39 is 11.7 Å². The zero-order valence-electron chi connectivity index (χ0n) is 11.5. The molecule has 1 unspecified atom stereocenters. The summed E-state index contributed by atoms with van der Waals surface area (Å²) in [6, 6.07) is 13.1. The van der Waals surface area contributed by atoms with Gasteiger partial charge in [-0.1, -0.05) is 30.3 Å². The second kappa shape index (κ2) is 5.07. The Morgan fingerprint density at radius 3 is 2.62 bits per heavy atom. The number of nitrogens with zero attached hydrogens (tertiary/aromatic N) is 1. The molecule has 110 valence electrons. The lowest BCUT2D eigenvalue weighted by Crippen LogP contribution is -2.40. The number of fused-ring (bicyclic) bond motifs is 1. The lowest BCUT2D eigenvalue weighted by atomic mass is 9.94. The Hall–Kier alpha value is -2.01. The molecule has 0 fully saturated rings. The van der Waals surface area contributed by atoms with Gasteiger partial charge in [-0.2, -0.15) is 13.2 Å². The van der Waals surface area contributed by atoms with Crippen molar-refractivity contribution in [2.24, 2.45) is 0 Å². The topological polar surface area (TPSA) is 15.3 Å². The van der Waals surface area contributed by atoms with Crippen LogP contribution in [0.5, 0.6) is 0 Å². The summed E-state index contributed by atoms with van der Waals surface area (Å²) in [7, 11) is 1.95. The van der Waals surface area contributed by atoms with Gasteiger partial charge in [0, 0.05) is 12.7 Å². The van der Waals surface area contributed by atoms with Crippen LogP contribution in [0.15, 0.2) is 48.5 Å². The highest BCUT2D eigenvalue weighted by Gasteiger charge is 2.32. The number of rotatable bonds is 1. The SMILES string of the molecule is CN1CNC(c2cccc(C(F)(F)F)c2)c2ccccc21. The van der Waals surface area contributed by atoms with E-state index in [1.54, 1.807) is 6.07 Å². The molecule has 5 heteroatoms. The van der Waals surface area contributed by atoms with E-state index in [0.29, 0.717) is 12.2 Å². The maximum absolute atomic E-state index is 12.9. The summed E-state index contributed by atoms with van der Waals surface area (Å²) in [6.45, 7) is 0.595. The van der Waals surface area contributed by atoms with E-state index in [-0.39, 0.29) is 6.04 Å². The zero-order chi connectivity index (χ0) is 15.0. The zero-order valence-corrected chi connectivity index (χ0v) is 11.5. The van der Waals surface area contributed by atoms with Crippen molar-refractivity contribution in [1.29, 1.82) is 0 Å². The summed E-state index contributed by atoms with van der Waals surface area (Å²) >= 11 is 0. The van der Waals surface area contributed by atoms with Crippen LogP contribution in [0, 0.1) is 0 Å². The molecule has 0 spiro atoms. The van der Waals surface area contributed by atoms with Crippen LogP contribution in [0.1, 0.15) is 22.7 Å². The van der Waals surface area contributed by atoms with Crippen LogP contribution in [0.2, 0.25) is 0 Å². The predicted molar refractivity (Wildman–Crippen MR) is 76.1 cm³/mol. The van der Waals surface area contributed by atoms with Crippen LogP contribution < -0.4 is 10.2 Å². The van der Waals surface area contributed by atoms with Crippen molar-refractivity contribution in [3.8, 4) is 0 Å². The first-order chi connectivity index (χ1) is 9.97. The number of nitrogens with one attached hydrogen (secondary N) is 1. The van der Waals surface area contributed by atoms with Gasteiger partial charge in [0.05, 0.1) is 18.3 Å². The Balaban J connectivity index is 2.04. The van der Waals surface area contributed by atoms with Gasteiger partial charge in [0.2, 0.25) is 0 Å². The second-order valence-corrected chi connectivity index (χ2v) is 5.18. The Morgan fingerprint density at radius 2 is 1.86 bits per heavy atom. The minimum atomic E-state index is -4.32. The molecule has 1 N–H and O–H groups in total. The highest BCUT2D eigenvalue weighted by molar-refractivity contribution is 5.58. The number of hydrogen-bond donors (Lipinski definition) is 1. The third kappa shape index (κ3) is 2.61. The molecule has 2 aromatic carbocycles. The molecule has 2 nitrogen and oxygen atoms in total. The third-order valence-electron chi connectivity index (χ3n) is 3.74. The summed E-state index contributed by atoms with van der Waals surface area (Å²) < 4.78 is 38.6. The second-order valence-electron chi connectivity index (χ2n) is 5.18. The highest BCUT2D eigenvalue weighted by atomic mass is 19.4. The van der Waals surface area contributed by atoms with E-state index in [2.05, 4.69) is 5.32 Å². The Morgan fingerprint density at radius 1 is 1.10 bits per heavy atom. The first-order valence-corrected chi connectivity index (χ1v) is 6.67. The molecule has 0 aromatic heterocycles. The van der Waals surface area contributed by atoms with Gasteiger partial charge in [-0.05, 0) is 29.3 Å². The first-order valence-electron chi connectivity index (χ1n) is 6.67. The molecule has 1 heterocycles. The molecule has 21 heavy (non-hydrogen) atoms. The van der Waals surface area contributed by atoms with Crippen molar-refractivity contribution in [3.05, 3.63) is 65.2 Å². The van der Waals surface area contributed by atoms with Gasteiger partial charge in [-0.25, -0.2) is 0 Å². The summed E-state index contributed by atoms with van der Waals surface area (Å²) in [4.78, 5) is 2.04. The summed E-state index contributed by atoms with van der Waals surface area (Å²) in [5, 5.41) is 3.28. The molecule has 0 saturated carbocycles. The van der Waals surface area contributed by atoms with Crippen LogP contribution in [-0.2, 0) is 6.18 Å². The molecule has 0 saturated heterocycles. The Labute approximate surface area is 121 Å². The smallest absolute Gasteiger partial charge is 0.362 e. The van der Waals surface area contributed by atoms with Crippen LogP contribution >= 0.6 is 0 Å². The number of alkyl halides is 3. The lowest BCUT2D eigenvalue weighted by molar-refractivity contribution is -0.137. The summed E-state index contributed by atoms with van der Waals surface area (Å²) in [5.74, 6) is 0. The molecular weight excluding hydrogens is 277 g/mol. The highest BCUT2D eigenvalue weighted by Crippen LogP contribution is 2.36. The number of hydrogen-bond acceptors (Lipinski definition) is 2. The Kier molecular flexibility index (Phi) is 3.37. The fraction of sp³-hybridized carbons (Fsp3) is 0.250. The number of benzene rings is 2. The fourth-order valence-corrected chi connectivity index (χ4v) is 2.69. The minimum absolute atomic E-state index is 0.223. The maximum atomic E-state index is 12.9. The fourth-order valence-electron chi connectivity index (χ4n) is 2.69. The van der Waals surface area contributed by atoms with E-state index in [1.165, 1.54) is 12.1 Å². The third-order valence-corrected chi connectivity index (χ3v) is 3.74. The van der Waals surface area contributed by atoms with E-state index >= 15 is 0 Å². The van der Waals surface area contributed by atoms with Crippen LogP contribution in [0.3, 0.4) is 0 Å². The molecular formula is C16H15F3N2. The molecule has 3 rings (SSSR count). The monoisotopic (exact) mass is 292 g/mol. The number of anilines is 1. The number of halogens is 3. The quantitative estimate of drug-likeness (QED) is 0.860. The van der Waals surface area contributed by atoms with Crippen molar-refractivity contribution in [2.75, 3.05) is 18.6 Å². The molecule has 0 aliphatic carbocycles. The van der Waals surface area contributed by atoms with Crippen molar-refractivity contribution in [1.82, 2.24) is 5.32 Å². The Bertz CT molecular complexity index is 652. The van der Waals surface area contributed by atoms with Crippen LogP contribution in [-0.4, -0.2) is 13.7 Å². The van der Waals surface area contributed by atoms with Crippen molar-refractivity contribution in [2.45, 2.75) is 12.2 Å². The molecule has 0 radical (unpaired) electrons. The molecule has 1 aliphatic rings. The standard InChI is InChI=1S/C16H15F3N2/c1-21-10-20-15(13-7-2-3-8-14(13)21)11-5-4-6-12(9-11)16(17,18)19/h2-9,15,20H,10H2,1H3. The van der Waals surface area contributed by atoms with Crippen molar-refractivity contribution < 1.29 is 13.2 Å². The average Bonchev–Trinajstić information content (AvgIpc) is 2.47. The first kappa shape index (κ1) is 13.9. The normalized spacial score (nSPS) is 18.5. The van der Waals surface area contributed by atoms with Crippen LogP contribution in [0.25, 0.3) is 0 Å². The maximum Gasteiger partial charge on any atom is 0.416 e. The average molecular weight is 292 g/mol. The van der Waals surface area contributed by atoms with Gasteiger partial charge in [-0.15, -0.1) is 0 Å². The van der Waals surface area contributed by atoms with Gasteiger partial charge in [0.1, 0.15) is 0 Å². The molecule has 0 bridgehead atoms. The summed E-state index contributed by atoms with van der Waals surface area (Å²) in [5.41, 5.74) is 2.05. The summed E-state index contributed by atoms with van der Waals surface area (Å²) in [6.07, 6.45) is -4.32. The van der Waals surface area contributed by atoms with E-state index in [0.717, 1.165) is 17.3 Å². The minimum Gasteiger partial charge on any atom is -0.362 e. The van der Waals surface area contributed by atoms with Crippen molar-refractivity contribution in [3.63, 3.8) is 0 Å². The van der Waals surface area contributed by atoms with Crippen molar-refractivity contribution >= 4 is 5.69 Å². The number of para-hydroxylation sites is 1. The molecule has 0 amide bonds. The van der Waals surface area contributed by atoms with Gasteiger partial charge in [0.25, 0.3) is 0 Å². The van der Waals surface area contributed by atoms with Crippen LogP contribution in [0.4, 0.5) is 18.9 Å². The lowest BCUT2D eigenvalue weighted by Gasteiger charge is -2.34. The van der Waals surface area contributed by atoms with E-state index in [9.17, 15) is 13.2 Å². The largest absolute Gasteiger partial charge is 0.416 e. The van der Waals surface area contributed by atoms with Gasteiger partial charge >= 0.3 is 6.18 Å².